The van der Waals surface area contributed by atoms with Gasteiger partial charge in [-0.05, 0) is 56.0 Å². The summed E-state index contributed by atoms with van der Waals surface area (Å²) in [6.45, 7) is 0. The van der Waals surface area contributed by atoms with E-state index in [0.717, 1.165) is 31.4 Å². The molecular weight excluding hydrogens is 406 g/mol. The number of hydrogen-bond donors (Lipinski definition) is 2. The summed E-state index contributed by atoms with van der Waals surface area (Å²) in [5.41, 5.74) is 2.22. The number of H-pyrrole nitrogens is 1. The van der Waals surface area contributed by atoms with Gasteiger partial charge in [0, 0.05) is 24.6 Å². The summed E-state index contributed by atoms with van der Waals surface area (Å²) in [6.07, 6.45) is 10.1. The molecule has 1 aromatic carbocycles. The molecule has 4 aromatic rings. The Bertz CT molecular complexity index is 1260. The minimum Gasteiger partial charge on any atom is -0.490 e. The van der Waals surface area contributed by atoms with E-state index in [1.165, 1.54) is 0 Å². The van der Waals surface area contributed by atoms with Crippen molar-refractivity contribution >= 4 is 16.9 Å². The van der Waals surface area contributed by atoms with Crippen LogP contribution in [0.1, 0.15) is 41.7 Å². The molecule has 9 nitrogen and oxygen atoms in total. The van der Waals surface area contributed by atoms with Crippen LogP contribution in [0.3, 0.4) is 0 Å². The van der Waals surface area contributed by atoms with Crippen molar-refractivity contribution in [3.63, 3.8) is 0 Å². The fourth-order valence-corrected chi connectivity index (χ4v) is 3.97. The average molecular weight is 427 g/mol. The molecule has 2 N–H and O–H groups in total. The summed E-state index contributed by atoms with van der Waals surface area (Å²) in [5.74, 6) is 0.940. The monoisotopic (exact) mass is 427 g/mol. The van der Waals surface area contributed by atoms with Crippen molar-refractivity contribution in [3.8, 4) is 17.8 Å². The second kappa shape index (κ2) is 8.51. The van der Waals surface area contributed by atoms with Crippen molar-refractivity contribution in [2.45, 2.75) is 37.8 Å². The maximum atomic E-state index is 13.1. The molecule has 3 aromatic heterocycles. The molecule has 9 heteroatoms. The molecular formula is C23H21N7O2. The predicted molar refractivity (Wildman–Crippen MR) is 116 cm³/mol. The van der Waals surface area contributed by atoms with Crippen molar-refractivity contribution in [2.24, 2.45) is 0 Å². The van der Waals surface area contributed by atoms with Crippen LogP contribution in [-0.2, 0) is 0 Å². The number of hydrogen-bond acceptors (Lipinski definition) is 6. The van der Waals surface area contributed by atoms with E-state index in [0.29, 0.717) is 28.2 Å². The number of nitrogens with one attached hydrogen (secondary N) is 2. The number of ether oxygens (including phenoxy) is 1. The molecule has 3 heterocycles. The van der Waals surface area contributed by atoms with Gasteiger partial charge < -0.3 is 15.0 Å². The van der Waals surface area contributed by atoms with Gasteiger partial charge in [0.2, 0.25) is 5.95 Å². The van der Waals surface area contributed by atoms with Crippen LogP contribution in [-0.4, -0.2) is 42.6 Å². The van der Waals surface area contributed by atoms with Crippen LogP contribution in [0.2, 0.25) is 0 Å². The predicted octanol–water partition coefficient (Wildman–Crippen LogP) is 3.14. The molecule has 0 saturated heterocycles. The lowest BCUT2D eigenvalue weighted by Gasteiger charge is -2.29. The minimum absolute atomic E-state index is 0.0555. The normalized spacial score (nSPS) is 18.2. The number of nitriles is 1. The summed E-state index contributed by atoms with van der Waals surface area (Å²) in [5, 5.41) is 12.0. The minimum atomic E-state index is -0.224. The lowest BCUT2D eigenvalue weighted by molar-refractivity contribution is 0.0890. The third kappa shape index (κ3) is 4.03. The Morgan fingerprint density at radius 1 is 1.16 bits per heavy atom. The van der Waals surface area contributed by atoms with Gasteiger partial charge >= 0.3 is 0 Å². The maximum Gasteiger partial charge on any atom is 0.272 e. The second-order valence-corrected chi connectivity index (χ2v) is 7.78. The van der Waals surface area contributed by atoms with Crippen LogP contribution >= 0.6 is 0 Å². The fourth-order valence-electron chi connectivity index (χ4n) is 3.97. The number of nitrogens with zero attached hydrogens (tertiary/aromatic N) is 5. The fraction of sp³-hybridized carbons (Fsp3) is 0.261. The molecule has 0 spiro atoms. The Hall–Kier alpha value is -4.19. The first-order chi connectivity index (χ1) is 15.7. The lowest BCUT2D eigenvalue weighted by atomic mass is 9.92. The van der Waals surface area contributed by atoms with E-state index in [2.05, 4.69) is 31.3 Å². The molecule has 5 rings (SSSR count). The molecule has 160 valence electrons. The second-order valence-electron chi connectivity index (χ2n) is 7.78. The number of fused-ring (bicyclic) bond motifs is 1. The molecule has 1 saturated carbocycles. The standard InChI is InChI=1S/C23H21N7O2/c24-13-15-1-5-17(6-2-15)32-18-7-3-16(4-8-18)27-22(31)21-20-19(9-10-26-20)28-23(29-21)30-12-11-25-14-30/h1-2,5-6,9-12,14,16,18,26H,3-4,7-8H2,(H,27,31)/t16-,18-. The first-order valence-electron chi connectivity index (χ1n) is 10.5. The summed E-state index contributed by atoms with van der Waals surface area (Å²) >= 11 is 0. The van der Waals surface area contributed by atoms with Gasteiger partial charge in [0.15, 0.2) is 5.69 Å². The Morgan fingerprint density at radius 2 is 1.97 bits per heavy atom. The summed E-state index contributed by atoms with van der Waals surface area (Å²) < 4.78 is 7.72. The van der Waals surface area contributed by atoms with E-state index in [1.807, 2.05) is 18.2 Å². The molecule has 1 fully saturated rings. The Morgan fingerprint density at radius 3 is 2.69 bits per heavy atom. The van der Waals surface area contributed by atoms with Gasteiger partial charge in [-0.1, -0.05) is 0 Å². The van der Waals surface area contributed by atoms with Gasteiger partial charge in [-0.2, -0.15) is 5.26 Å². The lowest BCUT2D eigenvalue weighted by Crippen LogP contribution is -2.40. The van der Waals surface area contributed by atoms with Crippen molar-refractivity contribution in [3.05, 3.63) is 66.5 Å². The van der Waals surface area contributed by atoms with Gasteiger partial charge in [-0.15, -0.1) is 0 Å². The van der Waals surface area contributed by atoms with Crippen LogP contribution in [0.4, 0.5) is 0 Å². The van der Waals surface area contributed by atoms with E-state index in [4.69, 9.17) is 10.00 Å². The molecule has 0 atom stereocenters. The van der Waals surface area contributed by atoms with Crippen molar-refractivity contribution in [1.29, 1.82) is 5.26 Å². The largest absolute Gasteiger partial charge is 0.490 e. The van der Waals surface area contributed by atoms with Crippen LogP contribution < -0.4 is 10.1 Å². The quantitative estimate of drug-likeness (QED) is 0.505. The topological polar surface area (TPSA) is 122 Å². The number of carbonyl (C=O) groups is 1. The van der Waals surface area contributed by atoms with Crippen LogP contribution in [0.5, 0.6) is 5.75 Å². The summed E-state index contributed by atoms with van der Waals surface area (Å²) in [6, 6.07) is 11.1. The number of carbonyl (C=O) groups excluding carboxylic acids is 1. The highest BCUT2D eigenvalue weighted by atomic mass is 16.5. The Labute approximate surface area is 184 Å². The Kier molecular flexibility index (Phi) is 5.25. The summed E-state index contributed by atoms with van der Waals surface area (Å²) in [4.78, 5) is 29.2. The first-order valence-corrected chi connectivity index (χ1v) is 10.5. The van der Waals surface area contributed by atoms with Gasteiger partial charge in [-0.25, -0.2) is 15.0 Å². The van der Waals surface area contributed by atoms with E-state index in [-0.39, 0.29) is 18.1 Å². The average Bonchev–Trinajstić information content (AvgIpc) is 3.52. The molecule has 1 aliphatic carbocycles. The zero-order chi connectivity index (χ0) is 21.9. The molecule has 0 unspecified atom stereocenters. The zero-order valence-electron chi connectivity index (χ0n) is 17.2. The molecule has 1 aliphatic rings. The first kappa shape index (κ1) is 19.8. The van der Waals surface area contributed by atoms with E-state index < -0.39 is 0 Å². The van der Waals surface area contributed by atoms with Gasteiger partial charge in [-0.3, -0.25) is 9.36 Å². The highest BCUT2D eigenvalue weighted by Crippen LogP contribution is 2.25. The zero-order valence-corrected chi connectivity index (χ0v) is 17.2. The number of rotatable bonds is 5. The molecule has 32 heavy (non-hydrogen) atoms. The van der Waals surface area contributed by atoms with Crippen LogP contribution in [0, 0.1) is 11.3 Å². The van der Waals surface area contributed by atoms with Gasteiger partial charge in [0.1, 0.15) is 12.1 Å². The summed E-state index contributed by atoms with van der Waals surface area (Å²) in [7, 11) is 0. The van der Waals surface area contributed by atoms with Crippen LogP contribution in [0.15, 0.2) is 55.2 Å². The SMILES string of the molecule is N#Cc1ccc(O[C@H]2CC[C@H](NC(=O)c3nc(-n4ccnc4)nc4cc[nH]c34)CC2)cc1. The van der Waals surface area contributed by atoms with Gasteiger partial charge in [0.25, 0.3) is 5.91 Å². The maximum absolute atomic E-state index is 13.1. The van der Waals surface area contributed by atoms with Crippen molar-refractivity contribution in [1.82, 2.24) is 29.8 Å². The number of aromatic amines is 1. The molecule has 0 bridgehead atoms. The van der Waals surface area contributed by atoms with E-state index >= 15 is 0 Å². The van der Waals surface area contributed by atoms with Crippen molar-refractivity contribution < 1.29 is 9.53 Å². The molecule has 0 radical (unpaired) electrons. The number of benzene rings is 1. The van der Waals surface area contributed by atoms with E-state index in [9.17, 15) is 4.79 Å². The highest BCUT2D eigenvalue weighted by molar-refractivity contribution is 6.03. The third-order valence-electron chi connectivity index (χ3n) is 5.64. The number of imidazole rings is 1. The van der Waals surface area contributed by atoms with Crippen LogP contribution in [0.25, 0.3) is 17.0 Å². The van der Waals surface area contributed by atoms with E-state index in [1.54, 1.807) is 41.6 Å². The molecule has 1 amide bonds. The smallest absolute Gasteiger partial charge is 0.272 e. The van der Waals surface area contributed by atoms with Gasteiger partial charge in [0.05, 0.1) is 28.8 Å². The number of amides is 1. The Balaban J connectivity index is 1.24. The highest BCUT2D eigenvalue weighted by Gasteiger charge is 2.25. The molecule has 0 aliphatic heterocycles. The van der Waals surface area contributed by atoms with Crippen molar-refractivity contribution in [2.75, 3.05) is 0 Å². The number of aromatic nitrogens is 5. The third-order valence-corrected chi connectivity index (χ3v) is 5.64.